The largest absolute Gasteiger partial charge is 0.374 e. The molecule has 1 fully saturated rings. The van der Waals surface area contributed by atoms with Gasteiger partial charge in [0.15, 0.2) is 0 Å². The SMILES string of the molecule is CNCC1CN(Cc2cccc(Cl)c2)CCO1. The summed E-state index contributed by atoms with van der Waals surface area (Å²) in [6.45, 7) is 4.64. The van der Waals surface area contributed by atoms with Gasteiger partial charge in [0.05, 0.1) is 12.7 Å². The van der Waals surface area contributed by atoms with Crippen LogP contribution in [0.15, 0.2) is 24.3 Å². The van der Waals surface area contributed by atoms with E-state index in [1.807, 2.05) is 25.2 Å². The molecule has 1 unspecified atom stereocenters. The van der Waals surface area contributed by atoms with E-state index in [0.29, 0.717) is 6.10 Å². The van der Waals surface area contributed by atoms with Gasteiger partial charge in [-0.1, -0.05) is 23.7 Å². The number of hydrogen-bond acceptors (Lipinski definition) is 3. The first-order valence-electron chi connectivity index (χ1n) is 6.01. The molecule has 1 aromatic carbocycles. The Hall–Kier alpha value is -0.610. The number of nitrogens with zero attached hydrogens (tertiary/aromatic N) is 1. The molecule has 1 atom stereocenters. The van der Waals surface area contributed by atoms with Crippen molar-refractivity contribution < 1.29 is 4.74 Å². The maximum atomic E-state index is 5.99. The van der Waals surface area contributed by atoms with Crippen molar-refractivity contribution in [3.63, 3.8) is 0 Å². The third kappa shape index (κ3) is 3.96. The Labute approximate surface area is 108 Å². The van der Waals surface area contributed by atoms with Crippen molar-refractivity contribution >= 4 is 11.6 Å². The Balaban J connectivity index is 1.90. The molecule has 0 amide bonds. The van der Waals surface area contributed by atoms with Crippen molar-refractivity contribution in [1.82, 2.24) is 10.2 Å². The number of nitrogens with one attached hydrogen (secondary N) is 1. The van der Waals surface area contributed by atoms with Crippen molar-refractivity contribution in [3.05, 3.63) is 34.9 Å². The zero-order chi connectivity index (χ0) is 12.1. The topological polar surface area (TPSA) is 24.5 Å². The number of benzene rings is 1. The van der Waals surface area contributed by atoms with Crippen LogP contribution in [0.1, 0.15) is 5.56 Å². The predicted octanol–water partition coefficient (Wildman–Crippen LogP) is 1.76. The number of likely N-dealkylation sites (N-methyl/N-ethyl adjacent to an activating group) is 1. The van der Waals surface area contributed by atoms with Crippen LogP contribution in [0, 0.1) is 0 Å². The number of morpholine rings is 1. The molecule has 0 saturated carbocycles. The summed E-state index contributed by atoms with van der Waals surface area (Å²) in [7, 11) is 1.96. The summed E-state index contributed by atoms with van der Waals surface area (Å²) in [5.74, 6) is 0. The lowest BCUT2D eigenvalue weighted by Crippen LogP contribution is -2.45. The van der Waals surface area contributed by atoms with Crippen LogP contribution >= 0.6 is 11.6 Å². The monoisotopic (exact) mass is 254 g/mol. The van der Waals surface area contributed by atoms with Crippen LogP contribution in [0.2, 0.25) is 5.02 Å². The van der Waals surface area contributed by atoms with Gasteiger partial charge in [0.1, 0.15) is 0 Å². The molecule has 94 valence electrons. The standard InChI is InChI=1S/C13H19ClN2O/c1-15-8-13-10-16(5-6-17-13)9-11-3-2-4-12(14)7-11/h2-4,7,13,15H,5-6,8-10H2,1H3. The van der Waals surface area contributed by atoms with Gasteiger partial charge in [-0.3, -0.25) is 4.90 Å². The maximum absolute atomic E-state index is 5.99. The third-order valence-corrected chi connectivity index (χ3v) is 3.19. The normalized spacial score (nSPS) is 21.6. The van der Waals surface area contributed by atoms with Gasteiger partial charge < -0.3 is 10.1 Å². The van der Waals surface area contributed by atoms with E-state index >= 15 is 0 Å². The van der Waals surface area contributed by atoms with Crippen molar-refractivity contribution in [2.75, 3.05) is 33.3 Å². The Morgan fingerprint density at radius 3 is 3.18 bits per heavy atom. The highest BCUT2D eigenvalue weighted by atomic mass is 35.5. The van der Waals surface area contributed by atoms with Crippen LogP contribution in [0.5, 0.6) is 0 Å². The molecule has 0 radical (unpaired) electrons. The van der Waals surface area contributed by atoms with Crippen LogP contribution < -0.4 is 5.32 Å². The fraction of sp³-hybridized carbons (Fsp3) is 0.538. The van der Waals surface area contributed by atoms with E-state index < -0.39 is 0 Å². The minimum Gasteiger partial charge on any atom is -0.374 e. The van der Waals surface area contributed by atoms with Gasteiger partial charge in [0, 0.05) is 31.2 Å². The summed E-state index contributed by atoms with van der Waals surface area (Å²) in [5, 5.41) is 3.97. The average Bonchev–Trinajstić information content (AvgIpc) is 2.30. The van der Waals surface area contributed by atoms with Crippen LogP contribution in [-0.2, 0) is 11.3 Å². The van der Waals surface area contributed by atoms with Gasteiger partial charge >= 0.3 is 0 Å². The first-order chi connectivity index (χ1) is 8.28. The number of halogens is 1. The molecule has 4 heteroatoms. The van der Waals surface area contributed by atoms with E-state index in [4.69, 9.17) is 16.3 Å². The predicted molar refractivity (Wildman–Crippen MR) is 70.4 cm³/mol. The lowest BCUT2D eigenvalue weighted by atomic mass is 10.2. The zero-order valence-corrected chi connectivity index (χ0v) is 10.9. The number of rotatable bonds is 4. The van der Waals surface area contributed by atoms with Gasteiger partial charge in [-0.25, -0.2) is 0 Å². The van der Waals surface area contributed by atoms with E-state index in [-0.39, 0.29) is 0 Å². The zero-order valence-electron chi connectivity index (χ0n) is 10.2. The highest BCUT2D eigenvalue weighted by Crippen LogP contribution is 2.14. The summed E-state index contributed by atoms with van der Waals surface area (Å²) in [6, 6.07) is 8.07. The summed E-state index contributed by atoms with van der Waals surface area (Å²) in [5.41, 5.74) is 1.27. The Morgan fingerprint density at radius 2 is 2.41 bits per heavy atom. The van der Waals surface area contributed by atoms with Gasteiger partial charge in [0.2, 0.25) is 0 Å². The number of hydrogen-bond donors (Lipinski definition) is 1. The molecule has 0 bridgehead atoms. The quantitative estimate of drug-likeness (QED) is 0.886. The Bertz CT molecular complexity index is 357. The van der Waals surface area contributed by atoms with Crippen molar-refractivity contribution in [3.8, 4) is 0 Å². The summed E-state index contributed by atoms with van der Waals surface area (Å²) >= 11 is 5.99. The first kappa shape index (κ1) is 12.8. The van der Waals surface area contributed by atoms with E-state index in [0.717, 1.165) is 37.8 Å². The molecule has 1 N–H and O–H groups in total. The lowest BCUT2D eigenvalue weighted by Gasteiger charge is -2.32. The summed E-state index contributed by atoms with van der Waals surface area (Å²) < 4.78 is 5.68. The number of ether oxygens (including phenoxy) is 1. The molecule has 3 nitrogen and oxygen atoms in total. The van der Waals surface area contributed by atoms with Gasteiger partial charge in [0.25, 0.3) is 0 Å². The first-order valence-corrected chi connectivity index (χ1v) is 6.38. The lowest BCUT2D eigenvalue weighted by molar-refractivity contribution is -0.0291. The van der Waals surface area contributed by atoms with Crippen molar-refractivity contribution in [1.29, 1.82) is 0 Å². The highest BCUT2D eigenvalue weighted by molar-refractivity contribution is 6.30. The molecular weight excluding hydrogens is 236 g/mol. The molecule has 1 saturated heterocycles. The summed E-state index contributed by atoms with van der Waals surface area (Å²) in [6.07, 6.45) is 0.299. The molecule has 1 aromatic rings. The van der Waals surface area contributed by atoms with Crippen LogP contribution in [0.25, 0.3) is 0 Å². The fourth-order valence-corrected chi connectivity index (χ4v) is 2.38. The second kappa shape index (κ2) is 6.36. The minimum atomic E-state index is 0.299. The second-order valence-electron chi connectivity index (χ2n) is 4.42. The smallest absolute Gasteiger partial charge is 0.0826 e. The van der Waals surface area contributed by atoms with Crippen molar-refractivity contribution in [2.45, 2.75) is 12.6 Å². The van der Waals surface area contributed by atoms with E-state index in [2.05, 4.69) is 16.3 Å². The summed E-state index contributed by atoms with van der Waals surface area (Å²) in [4.78, 5) is 2.41. The minimum absolute atomic E-state index is 0.299. The van der Waals surface area contributed by atoms with Crippen LogP contribution in [0.3, 0.4) is 0 Å². The molecule has 0 aliphatic carbocycles. The molecular formula is C13H19ClN2O. The fourth-order valence-electron chi connectivity index (χ4n) is 2.17. The van der Waals surface area contributed by atoms with E-state index in [1.165, 1.54) is 5.56 Å². The molecule has 0 aromatic heterocycles. The molecule has 1 aliphatic heterocycles. The Kier molecular flexibility index (Phi) is 4.80. The van der Waals surface area contributed by atoms with Crippen LogP contribution in [0.4, 0.5) is 0 Å². The second-order valence-corrected chi connectivity index (χ2v) is 4.85. The molecule has 17 heavy (non-hydrogen) atoms. The average molecular weight is 255 g/mol. The molecule has 2 rings (SSSR count). The van der Waals surface area contributed by atoms with Gasteiger partial charge in [-0.15, -0.1) is 0 Å². The van der Waals surface area contributed by atoms with E-state index in [9.17, 15) is 0 Å². The molecule has 1 heterocycles. The van der Waals surface area contributed by atoms with Crippen molar-refractivity contribution in [2.24, 2.45) is 0 Å². The van der Waals surface area contributed by atoms with Crippen LogP contribution in [-0.4, -0.2) is 44.3 Å². The maximum Gasteiger partial charge on any atom is 0.0826 e. The molecule has 1 aliphatic rings. The van der Waals surface area contributed by atoms with Gasteiger partial charge in [-0.2, -0.15) is 0 Å². The van der Waals surface area contributed by atoms with E-state index in [1.54, 1.807) is 0 Å². The van der Waals surface area contributed by atoms with Gasteiger partial charge in [-0.05, 0) is 24.7 Å². The highest BCUT2D eigenvalue weighted by Gasteiger charge is 2.19. The third-order valence-electron chi connectivity index (χ3n) is 2.95. The molecule has 0 spiro atoms. The Morgan fingerprint density at radius 1 is 1.53 bits per heavy atom.